The van der Waals surface area contributed by atoms with Gasteiger partial charge in [0.15, 0.2) is 0 Å². The van der Waals surface area contributed by atoms with E-state index in [0.717, 1.165) is 124 Å². The number of piperazine rings is 1. The van der Waals surface area contributed by atoms with Crippen LogP contribution in [0, 0.1) is 5.92 Å². The Hall–Kier alpha value is -5.25. The van der Waals surface area contributed by atoms with Crippen LogP contribution < -0.4 is 19.9 Å². The molecular formula is C44H53N9O6. The second-order valence-electron chi connectivity index (χ2n) is 16.9. The van der Waals surface area contributed by atoms with E-state index < -0.39 is 23.8 Å². The van der Waals surface area contributed by atoms with Gasteiger partial charge in [0, 0.05) is 89.2 Å². The Balaban J connectivity index is 0.714. The van der Waals surface area contributed by atoms with Crippen LogP contribution in [0.1, 0.15) is 83.5 Å². The minimum atomic E-state index is -0.957. The van der Waals surface area contributed by atoms with Gasteiger partial charge in [0.1, 0.15) is 23.9 Å². The van der Waals surface area contributed by atoms with E-state index in [1.165, 1.54) is 5.56 Å². The summed E-state index contributed by atoms with van der Waals surface area (Å²) in [4.78, 5) is 75.5. The molecule has 2 aromatic carbocycles. The molecule has 59 heavy (non-hydrogen) atoms. The highest BCUT2D eigenvalue weighted by Gasteiger charge is 2.45. The molecule has 9 rings (SSSR count). The fourth-order valence-corrected chi connectivity index (χ4v) is 9.40. The maximum absolute atomic E-state index is 13.4. The van der Waals surface area contributed by atoms with Crippen molar-refractivity contribution in [3.63, 3.8) is 0 Å². The Morgan fingerprint density at radius 2 is 1.63 bits per heavy atom. The number of piperidine rings is 2. The fourth-order valence-electron chi connectivity index (χ4n) is 9.40. The molecule has 0 saturated carbocycles. The Kier molecular flexibility index (Phi) is 11.2. The van der Waals surface area contributed by atoms with E-state index in [9.17, 15) is 19.2 Å². The number of carbonyl (C=O) groups is 4. The summed E-state index contributed by atoms with van der Waals surface area (Å²) >= 11 is 0. The van der Waals surface area contributed by atoms with Crippen molar-refractivity contribution in [3.05, 3.63) is 76.7 Å². The topological polar surface area (TPSA) is 153 Å². The molecule has 1 N–H and O–H groups in total. The van der Waals surface area contributed by atoms with E-state index in [-0.39, 0.29) is 31.0 Å². The smallest absolute Gasteiger partial charge is 0.262 e. The second kappa shape index (κ2) is 16.8. The van der Waals surface area contributed by atoms with Crippen molar-refractivity contribution in [2.24, 2.45) is 10.9 Å². The van der Waals surface area contributed by atoms with Gasteiger partial charge in [-0.25, -0.2) is 9.97 Å². The number of hydrogen-bond donors (Lipinski definition) is 1. The van der Waals surface area contributed by atoms with Gasteiger partial charge in [-0.3, -0.25) is 34.4 Å². The number of anilines is 2. The van der Waals surface area contributed by atoms with Gasteiger partial charge in [-0.15, -0.1) is 0 Å². The molecule has 7 heterocycles. The van der Waals surface area contributed by atoms with Crippen molar-refractivity contribution in [1.82, 2.24) is 30.0 Å². The number of aromatic nitrogens is 2. The van der Waals surface area contributed by atoms with Crippen molar-refractivity contribution in [3.8, 4) is 5.75 Å². The lowest BCUT2D eigenvalue weighted by molar-refractivity contribution is -0.136. The van der Waals surface area contributed by atoms with Crippen molar-refractivity contribution >= 4 is 40.8 Å². The van der Waals surface area contributed by atoms with Crippen LogP contribution in [0.25, 0.3) is 0 Å². The molecule has 1 aromatic heterocycles. The zero-order valence-corrected chi connectivity index (χ0v) is 34.0. The predicted molar refractivity (Wildman–Crippen MR) is 221 cm³/mol. The summed E-state index contributed by atoms with van der Waals surface area (Å²) in [5.41, 5.74) is 5.55. The molecule has 6 aliphatic rings. The van der Waals surface area contributed by atoms with Crippen molar-refractivity contribution in [1.29, 1.82) is 0 Å². The second-order valence-corrected chi connectivity index (χ2v) is 16.9. The highest BCUT2D eigenvalue weighted by molar-refractivity contribution is 6.23. The van der Waals surface area contributed by atoms with Crippen LogP contribution >= 0.6 is 0 Å². The largest absolute Gasteiger partial charge is 0.491 e. The van der Waals surface area contributed by atoms with Gasteiger partial charge in [0.2, 0.25) is 11.8 Å². The van der Waals surface area contributed by atoms with E-state index in [1.807, 2.05) is 26.0 Å². The van der Waals surface area contributed by atoms with Crippen molar-refractivity contribution < 1.29 is 28.7 Å². The molecule has 0 bridgehead atoms. The Morgan fingerprint density at radius 1 is 0.831 bits per heavy atom. The Morgan fingerprint density at radius 3 is 2.42 bits per heavy atom. The first-order chi connectivity index (χ1) is 28.7. The molecule has 4 saturated heterocycles. The van der Waals surface area contributed by atoms with Gasteiger partial charge < -0.3 is 29.1 Å². The zero-order valence-electron chi connectivity index (χ0n) is 34.0. The summed E-state index contributed by atoms with van der Waals surface area (Å²) in [5.74, 6) is 0.450. The van der Waals surface area contributed by atoms with Crippen LogP contribution in [0.5, 0.6) is 5.75 Å². The Bertz CT molecular complexity index is 2140. The van der Waals surface area contributed by atoms with Gasteiger partial charge in [0.25, 0.3) is 11.8 Å². The molecule has 0 spiro atoms. The number of ether oxygens (including phenoxy) is 2. The molecule has 6 aliphatic heterocycles. The van der Waals surface area contributed by atoms with Crippen LogP contribution in [-0.2, 0) is 20.9 Å². The number of aliphatic imine (C=N–C) groups is 1. The standard InChI is InChI=1S/C44H53N9O6/c1-28(2)59-32-5-3-30-24-45-41(35(30)22-32)37-23-39(47-27-46-37)52-19-20-58-33(26-52)11-12-49-15-17-50(18-16-49)25-29-9-13-51(14-10-29)31-4-6-34-36(21-31)44(57)53(43(34)56)38-7-8-40(54)48-42(38)55/h3-6,21-23,27-29,33,38H,7-20,24-26H2,1-2H3,(H,48,54,55)/t33-,38?/m1/s1. The van der Waals surface area contributed by atoms with Crippen LogP contribution in [-0.4, -0.2) is 144 Å². The minimum absolute atomic E-state index is 0.100. The van der Waals surface area contributed by atoms with Gasteiger partial charge in [-0.05, 0) is 81.3 Å². The molecular weight excluding hydrogens is 751 g/mol. The average Bonchev–Trinajstić information content (AvgIpc) is 3.78. The lowest BCUT2D eigenvalue weighted by Crippen LogP contribution is -2.54. The van der Waals surface area contributed by atoms with Gasteiger partial charge in [0.05, 0.1) is 47.9 Å². The number of amides is 4. The predicted octanol–water partition coefficient (Wildman–Crippen LogP) is 3.15. The highest BCUT2D eigenvalue weighted by atomic mass is 16.5. The van der Waals surface area contributed by atoms with Crippen LogP contribution in [0.15, 0.2) is 53.8 Å². The SMILES string of the molecule is CC(C)Oc1ccc2c(c1)C(c1cc(N3CCO[C@H](CCN4CCN(CC5CCN(c6ccc7c(c6)C(=O)N(C6CCC(=O)NC6=O)C7=O)CC5)CC4)C3)ncn1)=NC2. The summed E-state index contributed by atoms with van der Waals surface area (Å²) in [6, 6.07) is 12.7. The lowest BCUT2D eigenvalue weighted by Gasteiger charge is -2.40. The number of benzene rings is 2. The van der Waals surface area contributed by atoms with Crippen LogP contribution in [0.2, 0.25) is 0 Å². The molecule has 310 valence electrons. The quantitative estimate of drug-likeness (QED) is 0.284. The first-order valence-corrected chi connectivity index (χ1v) is 21.3. The fraction of sp³-hybridized carbons (Fsp3) is 0.523. The van der Waals surface area contributed by atoms with Crippen molar-refractivity contribution in [2.75, 3.05) is 81.9 Å². The number of morpholine rings is 1. The summed E-state index contributed by atoms with van der Waals surface area (Å²) in [7, 11) is 0. The van der Waals surface area contributed by atoms with Crippen LogP contribution in [0.4, 0.5) is 11.5 Å². The van der Waals surface area contributed by atoms with Gasteiger partial charge in [-0.1, -0.05) is 6.07 Å². The molecule has 1 unspecified atom stereocenters. The molecule has 2 atom stereocenters. The molecule has 15 heteroatoms. The lowest BCUT2D eigenvalue weighted by atomic mass is 9.95. The first-order valence-electron chi connectivity index (χ1n) is 21.3. The van der Waals surface area contributed by atoms with E-state index >= 15 is 0 Å². The minimum Gasteiger partial charge on any atom is -0.491 e. The molecule has 15 nitrogen and oxygen atoms in total. The van der Waals surface area contributed by atoms with Gasteiger partial charge >= 0.3 is 0 Å². The summed E-state index contributed by atoms with van der Waals surface area (Å²) in [6.45, 7) is 15.1. The number of imide groups is 2. The van der Waals surface area contributed by atoms with E-state index in [4.69, 9.17) is 14.5 Å². The number of fused-ring (bicyclic) bond motifs is 2. The zero-order chi connectivity index (χ0) is 40.6. The molecule has 4 amide bonds. The summed E-state index contributed by atoms with van der Waals surface area (Å²) in [6.07, 6.45) is 5.24. The summed E-state index contributed by atoms with van der Waals surface area (Å²) in [5, 5.41) is 2.26. The number of carbonyl (C=O) groups excluding carboxylic acids is 4. The number of nitrogens with zero attached hydrogens (tertiary/aromatic N) is 8. The monoisotopic (exact) mass is 803 g/mol. The molecule has 3 aromatic rings. The summed E-state index contributed by atoms with van der Waals surface area (Å²) < 4.78 is 12.2. The molecule has 4 fully saturated rings. The average molecular weight is 804 g/mol. The third-order valence-corrected chi connectivity index (χ3v) is 12.6. The third kappa shape index (κ3) is 8.32. The van der Waals surface area contributed by atoms with Crippen molar-refractivity contribution in [2.45, 2.75) is 70.7 Å². The number of hydrogen-bond acceptors (Lipinski definition) is 13. The first kappa shape index (κ1) is 39.2. The number of nitrogens with one attached hydrogen (secondary N) is 1. The van der Waals surface area contributed by atoms with E-state index in [0.29, 0.717) is 30.2 Å². The molecule has 0 radical (unpaired) electrons. The Labute approximate surface area is 344 Å². The van der Waals surface area contributed by atoms with Gasteiger partial charge in [-0.2, -0.15) is 0 Å². The molecule has 0 aliphatic carbocycles. The highest BCUT2D eigenvalue weighted by Crippen LogP contribution is 2.33. The maximum atomic E-state index is 13.4. The normalized spacial score (nSPS) is 23.2. The van der Waals surface area contributed by atoms with Crippen LogP contribution in [0.3, 0.4) is 0 Å². The number of rotatable bonds is 11. The van der Waals surface area contributed by atoms with E-state index in [2.05, 4.69) is 53.1 Å². The third-order valence-electron chi connectivity index (χ3n) is 12.6. The van der Waals surface area contributed by atoms with E-state index in [1.54, 1.807) is 18.5 Å². The maximum Gasteiger partial charge on any atom is 0.262 e.